The molecule has 2 heterocycles. The minimum absolute atomic E-state index is 0.253. The van der Waals surface area contributed by atoms with Crippen LogP contribution in [0.25, 0.3) is 22.0 Å². The topological polar surface area (TPSA) is 78.0 Å². The number of pyridine rings is 2. The number of benzene rings is 1. The molecule has 0 aliphatic rings. The number of aryl methyl sites for hydroxylation is 2. The Labute approximate surface area is 127 Å². The molecule has 2 N–H and O–H groups in total. The van der Waals surface area contributed by atoms with Crippen molar-refractivity contribution in [2.75, 3.05) is 0 Å². The average Bonchev–Trinajstić information content (AvgIpc) is 2.50. The van der Waals surface area contributed by atoms with Gasteiger partial charge >= 0.3 is 6.03 Å². The van der Waals surface area contributed by atoms with E-state index in [4.69, 9.17) is 5.73 Å². The van der Waals surface area contributed by atoms with E-state index >= 15 is 0 Å². The number of fused-ring (bicyclic) bond motifs is 1. The third-order valence-corrected chi connectivity index (χ3v) is 3.76. The summed E-state index contributed by atoms with van der Waals surface area (Å²) < 4.78 is 0.909. The van der Waals surface area contributed by atoms with Gasteiger partial charge in [0.05, 0.1) is 0 Å². The molecule has 0 radical (unpaired) electrons. The van der Waals surface area contributed by atoms with E-state index in [-0.39, 0.29) is 5.52 Å². The number of nitrogens with zero attached hydrogens (tertiary/aromatic N) is 2. The highest BCUT2D eigenvalue weighted by Gasteiger charge is 2.15. The molecule has 3 aromatic rings. The molecule has 3 rings (SSSR count). The molecule has 0 fully saturated rings. The van der Waals surface area contributed by atoms with E-state index in [0.717, 1.165) is 32.3 Å². The third kappa shape index (κ3) is 2.16. The molecule has 22 heavy (non-hydrogen) atoms. The number of aromatic nitrogens is 2. The van der Waals surface area contributed by atoms with E-state index in [1.165, 1.54) is 6.20 Å². The van der Waals surface area contributed by atoms with Crippen molar-refractivity contribution in [1.29, 1.82) is 0 Å². The second-order valence-corrected chi connectivity index (χ2v) is 5.21. The van der Waals surface area contributed by atoms with Gasteiger partial charge in [0.2, 0.25) is 0 Å². The maximum absolute atomic E-state index is 12.4. The van der Waals surface area contributed by atoms with Crippen molar-refractivity contribution in [3.8, 4) is 11.1 Å². The number of carbonyl (C=O) groups excluding carboxylic acids is 1. The minimum atomic E-state index is -0.816. The molecule has 0 spiro atoms. The Morgan fingerprint density at radius 2 is 1.86 bits per heavy atom. The van der Waals surface area contributed by atoms with Crippen LogP contribution in [0.5, 0.6) is 0 Å². The Kier molecular flexibility index (Phi) is 3.25. The molecule has 110 valence electrons. The SMILES string of the molecule is Cc1cc2c(-c3ccccc3)cn(C(N)=O)c(=O)c2nc1C. The first kappa shape index (κ1) is 14.0. The Morgan fingerprint density at radius 1 is 1.18 bits per heavy atom. The molecular formula is C17H15N3O2. The van der Waals surface area contributed by atoms with Gasteiger partial charge < -0.3 is 5.73 Å². The van der Waals surface area contributed by atoms with Crippen molar-refractivity contribution >= 4 is 16.9 Å². The van der Waals surface area contributed by atoms with E-state index in [2.05, 4.69) is 4.98 Å². The Hall–Kier alpha value is -2.95. The molecule has 0 aliphatic heterocycles. The molecule has 1 aromatic carbocycles. The lowest BCUT2D eigenvalue weighted by Crippen LogP contribution is -2.32. The van der Waals surface area contributed by atoms with E-state index in [0.29, 0.717) is 0 Å². The van der Waals surface area contributed by atoms with Crippen LogP contribution in [-0.4, -0.2) is 15.6 Å². The quantitative estimate of drug-likeness (QED) is 0.749. The highest BCUT2D eigenvalue weighted by atomic mass is 16.2. The second kappa shape index (κ2) is 5.11. The first-order valence-corrected chi connectivity index (χ1v) is 6.88. The number of nitrogens with two attached hydrogens (primary N) is 1. The van der Waals surface area contributed by atoms with Crippen LogP contribution in [0.15, 0.2) is 47.4 Å². The summed E-state index contributed by atoms with van der Waals surface area (Å²) >= 11 is 0. The second-order valence-electron chi connectivity index (χ2n) is 5.21. The Balaban J connectivity index is 2.50. The fourth-order valence-electron chi connectivity index (χ4n) is 2.46. The van der Waals surface area contributed by atoms with Crippen molar-refractivity contribution in [3.05, 3.63) is 64.2 Å². The molecule has 0 atom stereocenters. The molecule has 5 heteroatoms. The number of rotatable bonds is 1. The van der Waals surface area contributed by atoms with Gasteiger partial charge in [0, 0.05) is 22.8 Å². The lowest BCUT2D eigenvalue weighted by atomic mass is 10.0. The zero-order valence-corrected chi connectivity index (χ0v) is 12.3. The van der Waals surface area contributed by atoms with Crippen LogP contribution < -0.4 is 11.3 Å². The molecule has 2 aromatic heterocycles. The number of hydrogen-bond acceptors (Lipinski definition) is 3. The molecule has 0 saturated carbocycles. The number of amides is 1. The van der Waals surface area contributed by atoms with E-state index in [1.54, 1.807) is 0 Å². The summed E-state index contributed by atoms with van der Waals surface area (Å²) in [6, 6.07) is 10.6. The van der Waals surface area contributed by atoms with Gasteiger partial charge in [-0.25, -0.2) is 14.3 Å². The van der Waals surface area contributed by atoms with Crippen LogP contribution in [0.3, 0.4) is 0 Å². The predicted octanol–water partition coefficient (Wildman–Crippen LogP) is 2.61. The Bertz CT molecular complexity index is 944. The number of hydrogen-bond donors (Lipinski definition) is 1. The fraction of sp³-hybridized carbons (Fsp3) is 0.118. The molecule has 1 amide bonds. The molecule has 0 bridgehead atoms. The molecule has 5 nitrogen and oxygen atoms in total. The highest BCUT2D eigenvalue weighted by Crippen LogP contribution is 2.27. The monoisotopic (exact) mass is 293 g/mol. The normalized spacial score (nSPS) is 10.8. The lowest BCUT2D eigenvalue weighted by Gasteiger charge is -2.11. The van der Waals surface area contributed by atoms with Crippen LogP contribution in [-0.2, 0) is 0 Å². The largest absolute Gasteiger partial charge is 0.351 e. The molecule has 0 aliphatic carbocycles. The summed E-state index contributed by atoms with van der Waals surface area (Å²) in [6.07, 6.45) is 1.48. The summed E-state index contributed by atoms with van der Waals surface area (Å²) in [7, 11) is 0. The van der Waals surface area contributed by atoms with Crippen molar-refractivity contribution < 1.29 is 4.79 Å². The summed E-state index contributed by atoms with van der Waals surface area (Å²) in [5, 5.41) is 0.719. The third-order valence-electron chi connectivity index (χ3n) is 3.76. The van der Waals surface area contributed by atoms with Gasteiger partial charge in [-0.05, 0) is 31.0 Å². The molecule has 0 saturated heterocycles. The Morgan fingerprint density at radius 3 is 2.50 bits per heavy atom. The van der Waals surface area contributed by atoms with Gasteiger partial charge in [0.15, 0.2) is 0 Å². The summed E-state index contributed by atoms with van der Waals surface area (Å²) in [5.74, 6) is 0. The maximum atomic E-state index is 12.4. The van der Waals surface area contributed by atoms with Crippen molar-refractivity contribution in [2.45, 2.75) is 13.8 Å². The van der Waals surface area contributed by atoms with Gasteiger partial charge in [-0.2, -0.15) is 0 Å². The van der Waals surface area contributed by atoms with E-state index in [1.807, 2.05) is 50.2 Å². The van der Waals surface area contributed by atoms with Crippen molar-refractivity contribution in [3.63, 3.8) is 0 Å². The zero-order chi connectivity index (χ0) is 15.9. The van der Waals surface area contributed by atoms with Gasteiger partial charge in [0.1, 0.15) is 5.52 Å². The van der Waals surface area contributed by atoms with Crippen molar-refractivity contribution in [1.82, 2.24) is 9.55 Å². The van der Waals surface area contributed by atoms with Crippen LogP contribution in [0.4, 0.5) is 4.79 Å². The highest BCUT2D eigenvalue weighted by molar-refractivity contribution is 5.96. The first-order chi connectivity index (χ1) is 10.5. The van der Waals surface area contributed by atoms with E-state index < -0.39 is 11.6 Å². The van der Waals surface area contributed by atoms with Gasteiger partial charge in [-0.15, -0.1) is 0 Å². The maximum Gasteiger partial charge on any atom is 0.325 e. The van der Waals surface area contributed by atoms with Crippen molar-refractivity contribution in [2.24, 2.45) is 5.73 Å². The van der Waals surface area contributed by atoms with Gasteiger partial charge in [-0.1, -0.05) is 30.3 Å². The van der Waals surface area contributed by atoms with Crippen LogP contribution >= 0.6 is 0 Å². The predicted molar refractivity (Wildman–Crippen MR) is 85.9 cm³/mol. The summed E-state index contributed by atoms with van der Waals surface area (Å²) in [4.78, 5) is 28.3. The fourth-order valence-corrected chi connectivity index (χ4v) is 2.46. The zero-order valence-electron chi connectivity index (χ0n) is 12.3. The van der Waals surface area contributed by atoms with Crippen LogP contribution in [0.2, 0.25) is 0 Å². The smallest absolute Gasteiger partial charge is 0.325 e. The first-order valence-electron chi connectivity index (χ1n) is 6.88. The number of primary amides is 1. The minimum Gasteiger partial charge on any atom is -0.351 e. The molecular weight excluding hydrogens is 278 g/mol. The van der Waals surface area contributed by atoms with Gasteiger partial charge in [-0.3, -0.25) is 4.79 Å². The van der Waals surface area contributed by atoms with Gasteiger partial charge in [0.25, 0.3) is 5.56 Å². The van der Waals surface area contributed by atoms with E-state index in [9.17, 15) is 9.59 Å². The van der Waals surface area contributed by atoms with Crippen LogP contribution in [0, 0.1) is 13.8 Å². The standard InChI is InChI=1S/C17H15N3O2/c1-10-8-13-14(12-6-4-3-5-7-12)9-20(17(18)22)16(21)15(13)19-11(10)2/h3-9H,1-2H3,(H2,18,22). The van der Waals surface area contributed by atoms with Crippen LogP contribution in [0.1, 0.15) is 11.3 Å². The summed E-state index contributed by atoms with van der Waals surface area (Å²) in [6.45, 7) is 3.77. The number of carbonyl (C=O) groups is 1. The average molecular weight is 293 g/mol. The molecule has 0 unspecified atom stereocenters. The summed E-state index contributed by atoms with van der Waals surface area (Å²) in [5.41, 5.74) is 8.47. The lowest BCUT2D eigenvalue weighted by molar-refractivity contribution is 0.249.